The molecule has 1 aliphatic heterocycles. The quantitative estimate of drug-likeness (QED) is 0.772. The Kier molecular flexibility index (Phi) is 6.42. The molecule has 0 atom stereocenters. The molecule has 2 aromatic carbocycles. The first kappa shape index (κ1) is 20.1. The Morgan fingerprint density at radius 2 is 1.74 bits per heavy atom. The Labute approximate surface area is 169 Å². The predicted molar refractivity (Wildman–Crippen MR) is 108 cm³/mol. The van der Waals surface area contributed by atoms with Gasteiger partial charge in [0.25, 0.3) is 0 Å². The Morgan fingerprint density at radius 1 is 1.00 bits per heavy atom. The highest BCUT2D eigenvalue weighted by Gasteiger charge is 2.26. The lowest BCUT2D eigenvalue weighted by Gasteiger charge is -2.26. The van der Waals surface area contributed by atoms with Crippen LogP contribution in [0.15, 0.2) is 47.4 Å². The van der Waals surface area contributed by atoms with E-state index >= 15 is 0 Å². The first-order valence-corrected chi connectivity index (χ1v) is 10.9. The van der Waals surface area contributed by atoms with E-state index < -0.39 is 10.0 Å². The van der Waals surface area contributed by atoms with Crippen LogP contribution in [0.3, 0.4) is 0 Å². The lowest BCUT2D eigenvalue weighted by molar-refractivity contribution is -0.115. The summed E-state index contributed by atoms with van der Waals surface area (Å²) in [5, 5.41) is 3.55. The molecule has 1 fully saturated rings. The van der Waals surface area contributed by atoms with Gasteiger partial charge < -0.3 is 5.32 Å². The van der Waals surface area contributed by atoms with Gasteiger partial charge in [-0.05, 0) is 48.7 Å². The van der Waals surface area contributed by atoms with Crippen LogP contribution in [0.1, 0.15) is 24.8 Å². The molecule has 5 nitrogen and oxygen atoms in total. The third-order valence-corrected chi connectivity index (χ3v) is 7.05. The van der Waals surface area contributed by atoms with Gasteiger partial charge in [-0.25, -0.2) is 8.42 Å². The third kappa shape index (κ3) is 5.02. The van der Waals surface area contributed by atoms with E-state index in [9.17, 15) is 13.2 Å². The fraction of sp³-hybridized carbons (Fsp3) is 0.316. The standard InChI is InChI=1S/C19H20Cl2N2O3S/c20-17-8-7-14(11-18(17)21)12-19(24)22-15-5-4-6-16(13-15)27(25,26)23-9-2-1-3-10-23/h4-8,11,13H,1-3,9-10,12H2,(H,22,24). The number of carbonyl (C=O) groups is 1. The zero-order valence-electron chi connectivity index (χ0n) is 14.6. The zero-order chi connectivity index (χ0) is 19.4. The summed E-state index contributed by atoms with van der Waals surface area (Å²) in [5.41, 5.74) is 1.16. The van der Waals surface area contributed by atoms with Crippen LogP contribution >= 0.6 is 23.2 Å². The van der Waals surface area contributed by atoms with Crippen molar-refractivity contribution in [2.75, 3.05) is 18.4 Å². The average Bonchev–Trinajstić information content (AvgIpc) is 2.65. The number of hydrogen-bond acceptors (Lipinski definition) is 3. The molecular formula is C19H20Cl2N2O3S. The maximum absolute atomic E-state index is 12.8. The monoisotopic (exact) mass is 426 g/mol. The number of amides is 1. The lowest BCUT2D eigenvalue weighted by Crippen LogP contribution is -2.35. The van der Waals surface area contributed by atoms with Crippen molar-refractivity contribution in [3.05, 3.63) is 58.1 Å². The minimum atomic E-state index is -3.54. The van der Waals surface area contributed by atoms with E-state index in [0.717, 1.165) is 24.8 Å². The Hall–Kier alpha value is -1.60. The molecule has 3 rings (SSSR count). The van der Waals surface area contributed by atoms with Gasteiger partial charge in [0, 0.05) is 18.8 Å². The molecule has 0 radical (unpaired) electrons. The van der Waals surface area contributed by atoms with Crippen molar-refractivity contribution < 1.29 is 13.2 Å². The van der Waals surface area contributed by atoms with Crippen LogP contribution in [0.5, 0.6) is 0 Å². The van der Waals surface area contributed by atoms with Gasteiger partial charge in [-0.2, -0.15) is 4.31 Å². The number of sulfonamides is 1. The van der Waals surface area contributed by atoms with E-state index in [1.54, 1.807) is 36.4 Å². The summed E-state index contributed by atoms with van der Waals surface area (Å²) in [6.45, 7) is 1.08. The van der Waals surface area contributed by atoms with Crippen molar-refractivity contribution in [2.24, 2.45) is 0 Å². The molecule has 144 valence electrons. The molecule has 0 bridgehead atoms. The summed E-state index contributed by atoms with van der Waals surface area (Å²) in [6.07, 6.45) is 2.91. The molecule has 0 spiro atoms. The average molecular weight is 427 g/mol. The third-order valence-electron chi connectivity index (χ3n) is 4.42. The lowest BCUT2D eigenvalue weighted by atomic mass is 10.1. The Balaban J connectivity index is 1.71. The van der Waals surface area contributed by atoms with Crippen LogP contribution in [0, 0.1) is 0 Å². The van der Waals surface area contributed by atoms with E-state index in [4.69, 9.17) is 23.2 Å². The first-order chi connectivity index (χ1) is 12.9. The number of rotatable bonds is 5. The van der Waals surface area contributed by atoms with Gasteiger partial charge in [0.05, 0.1) is 21.4 Å². The number of halogens is 2. The van der Waals surface area contributed by atoms with Crippen molar-refractivity contribution >= 4 is 44.8 Å². The zero-order valence-corrected chi connectivity index (χ0v) is 16.9. The van der Waals surface area contributed by atoms with Crippen LogP contribution in [-0.4, -0.2) is 31.7 Å². The molecule has 0 saturated carbocycles. The number of carbonyl (C=O) groups excluding carboxylic acids is 1. The van der Waals surface area contributed by atoms with Gasteiger partial charge in [-0.3, -0.25) is 4.79 Å². The fourth-order valence-electron chi connectivity index (χ4n) is 3.03. The van der Waals surface area contributed by atoms with Gasteiger partial charge >= 0.3 is 0 Å². The number of benzene rings is 2. The predicted octanol–water partition coefficient (Wildman–Crippen LogP) is 4.35. The highest BCUT2D eigenvalue weighted by molar-refractivity contribution is 7.89. The van der Waals surface area contributed by atoms with Crippen molar-refractivity contribution in [1.82, 2.24) is 4.31 Å². The molecule has 27 heavy (non-hydrogen) atoms. The molecule has 2 aromatic rings. The molecule has 0 aromatic heterocycles. The summed E-state index contributed by atoms with van der Waals surface area (Å²) in [6, 6.07) is 11.4. The largest absolute Gasteiger partial charge is 0.326 e. The van der Waals surface area contributed by atoms with E-state index in [2.05, 4.69) is 5.32 Å². The summed E-state index contributed by atoms with van der Waals surface area (Å²) >= 11 is 11.8. The van der Waals surface area contributed by atoms with Crippen molar-refractivity contribution in [3.8, 4) is 0 Å². The summed E-state index contributed by atoms with van der Waals surface area (Å²) < 4.78 is 27.1. The molecule has 1 amide bonds. The maximum atomic E-state index is 12.8. The number of piperidine rings is 1. The van der Waals surface area contributed by atoms with Crippen molar-refractivity contribution in [2.45, 2.75) is 30.6 Å². The summed E-state index contributed by atoms with van der Waals surface area (Å²) in [4.78, 5) is 12.5. The Morgan fingerprint density at radius 3 is 2.44 bits per heavy atom. The van der Waals surface area contributed by atoms with Crippen LogP contribution < -0.4 is 5.32 Å². The normalized spacial score (nSPS) is 15.5. The van der Waals surface area contributed by atoms with E-state index in [-0.39, 0.29) is 17.2 Å². The minimum absolute atomic E-state index is 0.111. The van der Waals surface area contributed by atoms with Crippen LogP contribution in [0.2, 0.25) is 10.0 Å². The topological polar surface area (TPSA) is 66.5 Å². The summed E-state index contributed by atoms with van der Waals surface area (Å²) in [5.74, 6) is -0.263. The molecule has 0 aliphatic carbocycles. The van der Waals surface area contributed by atoms with Gasteiger partial charge in [-0.1, -0.05) is 41.8 Å². The molecule has 1 heterocycles. The Bertz CT molecular complexity index is 942. The van der Waals surface area contributed by atoms with E-state index in [1.165, 1.54) is 10.4 Å². The minimum Gasteiger partial charge on any atom is -0.326 e. The second kappa shape index (κ2) is 8.61. The summed E-state index contributed by atoms with van der Waals surface area (Å²) in [7, 11) is -3.54. The van der Waals surface area contributed by atoms with Gasteiger partial charge in [-0.15, -0.1) is 0 Å². The molecule has 1 saturated heterocycles. The fourth-order valence-corrected chi connectivity index (χ4v) is 4.91. The number of nitrogens with zero attached hydrogens (tertiary/aromatic N) is 1. The second-order valence-electron chi connectivity index (χ2n) is 6.47. The molecule has 1 aliphatic rings. The second-order valence-corrected chi connectivity index (χ2v) is 9.22. The van der Waals surface area contributed by atoms with E-state index in [0.29, 0.717) is 28.8 Å². The van der Waals surface area contributed by atoms with Crippen LogP contribution in [-0.2, 0) is 21.2 Å². The SMILES string of the molecule is O=C(Cc1ccc(Cl)c(Cl)c1)Nc1cccc(S(=O)(=O)N2CCCCC2)c1. The number of anilines is 1. The highest BCUT2D eigenvalue weighted by atomic mass is 35.5. The molecule has 8 heteroatoms. The van der Waals surface area contributed by atoms with Gasteiger partial charge in [0.1, 0.15) is 0 Å². The number of hydrogen-bond donors (Lipinski definition) is 1. The van der Waals surface area contributed by atoms with Gasteiger partial charge in [0.15, 0.2) is 0 Å². The van der Waals surface area contributed by atoms with Crippen LogP contribution in [0.25, 0.3) is 0 Å². The maximum Gasteiger partial charge on any atom is 0.243 e. The van der Waals surface area contributed by atoms with Crippen LogP contribution in [0.4, 0.5) is 5.69 Å². The number of nitrogens with one attached hydrogen (secondary N) is 1. The van der Waals surface area contributed by atoms with E-state index in [1.807, 2.05) is 0 Å². The van der Waals surface area contributed by atoms with Crippen molar-refractivity contribution in [3.63, 3.8) is 0 Å². The first-order valence-electron chi connectivity index (χ1n) is 8.70. The van der Waals surface area contributed by atoms with Gasteiger partial charge in [0.2, 0.25) is 15.9 Å². The van der Waals surface area contributed by atoms with Crippen molar-refractivity contribution in [1.29, 1.82) is 0 Å². The molecule has 0 unspecified atom stereocenters. The highest BCUT2D eigenvalue weighted by Crippen LogP contribution is 2.24. The molecular weight excluding hydrogens is 407 g/mol. The molecule has 1 N–H and O–H groups in total. The smallest absolute Gasteiger partial charge is 0.243 e.